The van der Waals surface area contributed by atoms with Crippen LogP contribution >= 0.6 is 0 Å². The van der Waals surface area contributed by atoms with Crippen molar-refractivity contribution >= 4 is 5.97 Å². The Balaban J connectivity index is 1.98. The van der Waals surface area contributed by atoms with Gasteiger partial charge in [0.2, 0.25) is 0 Å². The van der Waals surface area contributed by atoms with Crippen LogP contribution < -0.4 is 4.74 Å². The third-order valence-electron chi connectivity index (χ3n) is 9.30. The fraction of sp³-hybridized carbons (Fsp3) is 0.683. The first-order chi connectivity index (χ1) is 20.8. The minimum absolute atomic E-state index is 0.227. The molecule has 3 heteroatoms. The number of hydrogen-bond acceptors (Lipinski definition) is 3. The second kappa shape index (κ2) is 18.6. The maximum atomic E-state index is 13.9. The van der Waals surface area contributed by atoms with Gasteiger partial charge in [-0.3, -0.25) is 4.79 Å². The van der Waals surface area contributed by atoms with E-state index >= 15 is 0 Å². The molecule has 2 rings (SSSR count). The molecule has 2 aromatic carbocycles. The minimum Gasteiger partial charge on any atom is -0.507 e. The number of ether oxygens (including phenoxy) is 1. The number of benzene rings is 2. The second-order valence-corrected chi connectivity index (χ2v) is 15.5. The summed E-state index contributed by atoms with van der Waals surface area (Å²) in [6.07, 6.45) is 21.9. The smallest absolute Gasteiger partial charge is 0.321 e. The van der Waals surface area contributed by atoms with Crippen molar-refractivity contribution < 1.29 is 14.6 Å². The summed E-state index contributed by atoms with van der Waals surface area (Å²) in [6.45, 7) is 17.0. The molecule has 1 unspecified atom stereocenters. The number of aromatic hydroxyl groups is 1. The maximum absolute atomic E-state index is 13.9. The van der Waals surface area contributed by atoms with Gasteiger partial charge in [-0.15, -0.1) is 0 Å². The topological polar surface area (TPSA) is 46.5 Å². The van der Waals surface area contributed by atoms with Gasteiger partial charge in [0, 0.05) is 0 Å². The number of rotatable bonds is 20. The average molecular weight is 607 g/mol. The highest BCUT2D eigenvalue weighted by molar-refractivity contribution is 5.85. The summed E-state index contributed by atoms with van der Waals surface area (Å²) < 4.78 is 5.99. The lowest BCUT2D eigenvalue weighted by molar-refractivity contribution is -0.140. The van der Waals surface area contributed by atoms with Crippen molar-refractivity contribution in [3.8, 4) is 11.5 Å². The monoisotopic (exact) mass is 607 g/mol. The summed E-state index contributed by atoms with van der Waals surface area (Å²) in [5.74, 6) is 0.687. The molecule has 0 aliphatic rings. The van der Waals surface area contributed by atoms with E-state index in [2.05, 4.69) is 60.6 Å². The van der Waals surface area contributed by atoms with Gasteiger partial charge in [0.1, 0.15) is 11.5 Å². The lowest BCUT2D eigenvalue weighted by atomic mass is 9.72. The van der Waals surface area contributed by atoms with Crippen LogP contribution in [0.5, 0.6) is 11.5 Å². The Labute approximate surface area is 271 Å². The first-order valence-electron chi connectivity index (χ1n) is 18.0. The van der Waals surface area contributed by atoms with Gasteiger partial charge in [-0.05, 0) is 53.0 Å². The fourth-order valence-electron chi connectivity index (χ4n) is 6.20. The zero-order valence-electron chi connectivity index (χ0n) is 29.8. The summed E-state index contributed by atoms with van der Waals surface area (Å²) >= 11 is 0. The maximum Gasteiger partial charge on any atom is 0.321 e. The lowest BCUT2D eigenvalue weighted by Crippen LogP contribution is -2.37. The van der Waals surface area contributed by atoms with Crippen LogP contribution in [0, 0.1) is 0 Å². The number of esters is 1. The normalized spacial score (nSPS) is 13.5. The van der Waals surface area contributed by atoms with Crippen molar-refractivity contribution in [2.75, 3.05) is 0 Å². The van der Waals surface area contributed by atoms with Crippen molar-refractivity contribution in [1.29, 1.82) is 0 Å². The molecule has 44 heavy (non-hydrogen) atoms. The summed E-state index contributed by atoms with van der Waals surface area (Å²) in [5.41, 5.74) is 1.35. The predicted octanol–water partition coefficient (Wildman–Crippen LogP) is 12.5. The Hall–Kier alpha value is -2.29. The molecule has 0 bridgehead atoms. The second-order valence-electron chi connectivity index (χ2n) is 15.5. The van der Waals surface area contributed by atoms with Gasteiger partial charge in [-0.1, -0.05) is 182 Å². The molecule has 0 saturated heterocycles. The molecule has 3 nitrogen and oxygen atoms in total. The van der Waals surface area contributed by atoms with E-state index in [4.69, 9.17) is 4.74 Å². The molecule has 0 saturated carbocycles. The van der Waals surface area contributed by atoms with Gasteiger partial charge in [-0.2, -0.15) is 0 Å². The van der Waals surface area contributed by atoms with Crippen molar-refractivity contribution in [3.05, 3.63) is 59.2 Å². The molecule has 0 amide bonds. The summed E-state index contributed by atoms with van der Waals surface area (Å²) in [7, 11) is 0. The first-order valence-corrected chi connectivity index (χ1v) is 18.0. The molecular weight excluding hydrogens is 540 g/mol. The SMILES string of the molecule is CCCCCCCCCCCCCCCCCCC(C)(C(=O)Oc1ccccc1)c1cc(C(C)(C)C)c(O)c(C(C)(C)C)c1. The number of carbonyl (C=O) groups excluding carboxylic acids is 1. The summed E-state index contributed by atoms with van der Waals surface area (Å²) in [6, 6.07) is 13.5. The van der Waals surface area contributed by atoms with Gasteiger partial charge in [-0.25, -0.2) is 0 Å². The van der Waals surface area contributed by atoms with Crippen molar-refractivity contribution in [2.24, 2.45) is 0 Å². The average Bonchev–Trinajstić information content (AvgIpc) is 2.96. The summed E-state index contributed by atoms with van der Waals surface area (Å²) in [5, 5.41) is 11.3. The number of phenols is 1. The van der Waals surface area contributed by atoms with E-state index in [9.17, 15) is 9.90 Å². The largest absolute Gasteiger partial charge is 0.507 e. The Kier molecular flexibility index (Phi) is 16.0. The van der Waals surface area contributed by atoms with E-state index < -0.39 is 5.41 Å². The van der Waals surface area contributed by atoms with Crippen molar-refractivity contribution in [3.63, 3.8) is 0 Å². The first kappa shape index (κ1) is 37.9. The van der Waals surface area contributed by atoms with E-state index in [1.807, 2.05) is 37.3 Å². The van der Waals surface area contributed by atoms with Crippen LogP contribution in [-0.4, -0.2) is 11.1 Å². The molecule has 0 radical (unpaired) electrons. The molecule has 248 valence electrons. The van der Waals surface area contributed by atoms with Crippen LogP contribution in [-0.2, 0) is 21.0 Å². The Morgan fingerprint density at radius 2 is 1.00 bits per heavy atom. The van der Waals surface area contributed by atoms with Crippen molar-refractivity contribution in [2.45, 2.75) is 181 Å². The van der Waals surface area contributed by atoms with Gasteiger partial charge in [0.05, 0.1) is 5.41 Å². The van der Waals surface area contributed by atoms with Crippen molar-refractivity contribution in [1.82, 2.24) is 0 Å². The van der Waals surface area contributed by atoms with E-state index in [-0.39, 0.29) is 16.8 Å². The van der Waals surface area contributed by atoms with Crippen LogP contribution in [0.4, 0.5) is 0 Å². The van der Waals surface area contributed by atoms with Crippen LogP contribution in [0.3, 0.4) is 0 Å². The quantitative estimate of drug-likeness (QED) is 0.0926. The van der Waals surface area contributed by atoms with Gasteiger partial charge in [0.25, 0.3) is 0 Å². The molecule has 1 N–H and O–H groups in total. The van der Waals surface area contributed by atoms with E-state index in [1.54, 1.807) is 0 Å². The highest BCUT2D eigenvalue weighted by atomic mass is 16.5. The predicted molar refractivity (Wildman–Crippen MR) is 189 cm³/mol. The Morgan fingerprint density at radius 3 is 1.39 bits per heavy atom. The highest BCUT2D eigenvalue weighted by Crippen LogP contribution is 2.44. The van der Waals surface area contributed by atoms with Gasteiger partial charge in [0.15, 0.2) is 0 Å². The molecule has 0 heterocycles. The van der Waals surface area contributed by atoms with E-state index in [0.717, 1.165) is 36.0 Å². The number of phenolic OH excluding ortho intramolecular Hbond substituents is 1. The van der Waals surface area contributed by atoms with Crippen LogP contribution in [0.1, 0.15) is 181 Å². The molecular formula is C41H66O3. The number of para-hydroxylation sites is 1. The standard InChI is InChI=1S/C41H66O3/c1-9-10-11-12-13-14-15-16-17-18-19-20-21-22-23-27-30-41(8,38(43)44-34-28-25-24-26-29-34)33-31-35(39(2,3)4)37(42)36(32-33)40(5,6)7/h24-26,28-29,31-32,42H,9-23,27,30H2,1-8H3. The van der Waals surface area contributed by atoms with E-state index in [0.29, 0.717) is 11.5 Å². The van der Waals surface area contributed by atoms with Crippen LogP contribution in [0.15, 0.2) is 42.5 Å². The van der Waals surface area contributed by atoms with Gasteiger partial charge >= 0.3 is 5.97 Å². The third kappa shape index (κ3) is 12.6. The van der Waals surface area contributed by atoms with E-state index in [1.165, 1.54) is 89.9 Å². The number of unbranched alkanes of at least 4 members (excludes halogenated alkanes) is 15. The molecule has 0 aliphatic heterocycles. The minimum atomic E-state index is -0.820. The third-order valence-corrected chi connectivity index (χ3v) is 9.30. The molecule has 0 fully saturated rings. The fourth-order valence-corrected chi connectivity index (χ4v) is 6.20. The zero-order chi connectivity index (χ0) is 32.6. The zero-order valence-corrected chi connectivity index (χ0v) is 29.8. The lowest BCUT2D eigenvalue weighted by Gasteiger charge is -2.33. The molecule has 1 atom stereocenters. The number of carbonyl (C=O) groups is 1. The van der Waals surface area contributed by atoms with Crippen LogP contribution in [0.25, 0.3) is 0 Å². The summed E-state index contributed by atoms with van der Waals surface area (Å²) in [4.78, 5) is 13.9. The molecule has 0 aliphatic carbocycles. The van der Waals surface area contributed by atoms with Crippen LogP contribution in [0.2, 0.25) is 0 Å². The Bertz CT molecular complexity index is 1050. The molecule has 0 aromatic heterocycles. The number of hydrogen-bond donors (Lipinski definition) is 1. The Morgan fingerprint density at radius 1 is 0.614 bits per heavy atom. The molecule has 0 spiro atoms. The molecule has 2 aromatic rings. The highest BCUT2D eigenvalue weighted by Gasteiger charge is 2.39. The van der Waals surface area contributed by atoms with Gasteiger partial charge < -0.3 is 9.84 Å².